The maximum atomic E-state index is 6.42. The molecule has 9 aromatic carbocycles. The van der Waals surface area contributed by atoms with Crippen LogP contribution >= 0.6 is 11.3 Å². The minimum atomic E-state index is 0.908. The van der Waals surface area contributed by atoms with E-state index in [2.05, 4.69) is 193 Å². The predicted molar refractivity (Wildman–Crippen MR) is 235 cm³/mol. The van der Waals surface area contributed by atoms with E-state index in [1.807, 2.05) is 23.5 Å². The Hall–Kier alpha value is -6.94. The summed E-state index contributed by atoms with van der Waals surface area (Å²) in [4.78, 5) is 2.37. The third-order valence-electron chi connectivity index (χ3n) is 10.9. The summed E-state index contributed by atoms with van der Waals surface area (Å²) in [6, 6.07) is 72.1. The molecule has 0 fully saturated rings. The Bertz CT molecular complexity index is 3040. The van der Waals surface area contributed by atoms with Crippen LogP contribution in [0.4, 0.5) is 17.1 Å². The van der Waals surface area contributed by atoms with Gasteiger partial charge in [-0.25, -0.2) is 0 Å². The van der Waals surface area contributed by atoms with Gasteiger partial charge in [0.1, 0.15) is 11.2 Å². The molecule has 0 aliphatic heterocycles. The minimum Gasteiger partial charge on any atom is -0.455 e. The second-order valence-electron chi connectivity index (χ2n) is 14.1. The third kappa shape index (κ3) is 5.32. The Morgan fingerprint density at radius 3 is 1.76 bits per heavy atom. The zero-order chi connectivity index (χ0) is 36.3. The van der Waals surface area contributed by atoms with Gasteiger partial charge >= 0.3 is 0 Å². The van der Waals surface area contributed by atoms with Gasteiger partial charge in [-0.3, -0.25) is 0 Å². The van der Waals surface area contributed by atoms with Crippen LogP contribution in [0.25, 0.3) is 86.3 Å². The van der Waals surface area contributed by atoms with Crippen LogP contribution in [0.1, 0.15) is 0 Å². The molecule has 0 aliphatic rings. The van der Waals surface area contributed by atoms with E-state index in [1.165, 1.54) is 53.2 Å². The second kappa shape index (κ2) is 12.9. The number of nitrogens with zero attached hydrogens (tertiary/aromatic N) is 1. The van der Waals surface area contributed by atoms with Crippen LogP contribution in [-0.2, 0) is 0 Å². The number of furan rings is 1. The summed E-state index contributed by atoms with van der Waals surface area (Å²) in [7, 11) is 0. The first-order valence-corrected chi connectivity index (χ1v) is 19.5. The summed E-state index contributed by atoms with van der Waals surface area (Å²) in [5.41, 5.74) is 12.2. The predicted octanol–water partition coefficient (Wildman–Crippen LogP) is 15.6. The van der Waals surface area contributed by atoms with Crippen LogP contribution in [0.3, 0.4) is 0 Å². The first-order chi connectivity index (χ1) is 27.3. The van der Waals surface area contributed by atoms with E-state index in [1.54, 1.807) is 0 Å². The summed E-state index contributed by atoms with van der Waals surface area (Å²) < 4.78 is 9.07. The Morgan fingerprint density at radius 1 is 0.364 bits per heavy atom. The van der Waals surface area contributed by atoms with Gasteiger partial charge in [0.2, 0.25) is 0 Å². The molecule has 0 N–H and O–H groups in total. The van der Waals surface area contributed by atoms with Crippen molar-refractivity contribution < 1.29 is 4.42 Å². The van der Waals surface area contributed by atoms with E-state index >= 15 is 0 Å². The highest BCUT2D eigenvalue weighted by Crippen LogP contribution is 2.43. The molecule has 55 heavy (non-hydrogen) atoms. The highest BCUT2D eigenvalue weighted by molar-refractivity contribution is 7.26. The maximum absolute atomic E-state index is 6.42. The van der Waals surface area contributed by atoms with Gasteiger partial charge in [0, 0.05) is 53.6 Å². The van der Waals surface area contributed by atoms with E-state index in [4.69, 9.17) is 4.42 Å². The number of fused-ring (bicyclic) bond motifs is 7. The molecule has 2 aromatic heterocycles. The van der Waals surface area contributed by atoms with E-state index in [9.17, 15) is 0 Å². The number of para-hydroxylation sites is 2. The lowest BCUT2D eigenvalue weighted by molar-refractivity contribution is 0.670. The Labute approximate surface area is 322 Å². The summed E-state index contributed by atoms with van der Waals surface area (Å²) in [6.07, 6.45) is 0. The van der Waals surface area contributed by atoms with Crippen LogP contribution in [0.5, 0.6) is 0 Å². The molecular formula is C52H33NOS. The van der Waals surface area contributed by atoms with Crippen molar-refractivity contribution in [3.8, 4) is 33.4 Å². The number of hydrogen-bond donors (Lipinski definition) is 0. The van der Waals surface area contributed by atoms with E-state index in [0.717, 1.165) is 50.1 Å². The standard InChI is InChI=1S/C52H33NOS/c1-2-15-41-34(11-1)12-8-18-42(41)37-13-7-14-40(33-37)53(38-29-25-35(26-30-38)43-19-9-21-47-45-16-3-5-23-49(45)54-51(43)47)39-31-27-36(28-32-39)44-20-10-22-48-46-17-4-6-24-50(46)55-52(44)48/h1-33H. The molecule has 0 unspecified atom stereocenters. The van der Waals surface area contributed by atoms with E-state index < -0.39 is 0 Å². The Kier molecular flexibility index (Phi) is 7.39. The summed E-state index contributed by atoms with van der Waals surface area (Å²) in [6.45, 7) is 0. The zero-order valence-corrected chi connectivity index (χ0v) is 30.6. The first kappa shape index (κ1) is 31.6. The third-order valence-corrected chi connectivity index (χ3v) is 12.1. The fraction of sp³-hybridized carbons (Fsp3) is 0. The maximum Gasteiger partial charge on any atom is 0.143 e. The lowest BCUT2D eigenvalue weighted by Gasteiger charge is -2.26. The fourth-order valence-electron chi connectivity index (χ4n) is 8.27. The number of thiophene rings is 1. The van der Waals surface area contributed by atoms with Gasteiger partial charge in [-0.2, -0.15) is 0 Å². The molecule has 0 saturated heterocycles. The molecular weight excluding hydrogens is 687 g/mol. The van der Waals surface area contributed by atoms with Gasteiger partial charge in [0.25, 0.3) is 0 Å². The van der Waals surface area contributed by atoms with Crippen molar-refractivity contribution in [3.05, 3.63) is 200 Å². The molecule has 11 rings (SSSR count). The molecule has 0 atom stereocenters. The molecule has 0 bridgehead atoms. The van der Waals surface area contributed by atoms with Crippen LogP contribution in [0, 0.1) is 0 Å². The Balaban J connectivity index is 1.03. The summed E-state index contributed by atoms with van der Waals surface area (Å²) >= 11 is 1.87. The molecule has 0 amide bonds. The lowest BCUT2D eigenvalue weighted by atomic mass is 9.97. The monoisotopic (exact) mass is 719 g/mol. The van der Waals surface area contributed by atoms with Gasteiger partial charge in [0.05, 0.1) is 0 Å². The largest absolute Gasteiger partial charge is 0.455 e. The van der Waals surface area contributed by atoms with Gasteiger partial charge in [-0.1, -0.05) is 152 Å². The summed E-state index contributed by atoms with van der Waals surface area (Å²) in [5, 5.41) is 7.39. The molecule has 2 nitrogen and oxygen atoms in total. The van der Waals surface area contributed by atoms with Gasteiger partial charge < -0.3 is 9.32 Å². The Morgan fingerprint density at radius 2 is 0.945 bits per heavy atom. The van der Waals surface area contributed by atoms with Gasteiger partial charge in [0.15, 0.2) is 0 Å². The fourth-order valence-corrected chi connectivity index (χ4v) is 9.50. The number of anilines is 3. The van der Waals surface area contributed by atoms with Crippen molar-refractivity contribution in [1.82, 2.24) is 0 Å². The molecule has 258 valence electrons. The van der Waals surface area contributed by atoms with Crippen LogP contribution < -0.4 is 4.90 Å². The lowest BCUT2D eigenvalue weighted by Crippen LogP contribution is -2.10. The van der Waals surface area contributed by atoms with Crippen LogP contribution in [0.2, 0.25) is 0 Å². The van der Waals surface area contributed by atoms with Crippen molar-refractivity contribution in [2.75, 3.05) is 4.90 Å². The van der Waals surface area contributed by atoms with E-state index in [0.29, 0.717) is 0 Å². The molecule has 2 heterocycles. The van der Waals surface area contributed by atoms with Crippen molar-refractivity contribution >= 4 is 81.3 Å². The average Bonchev–Trinajstić information content (AvgIpc) is 3.83. The normalized spacial score (nSPS) is 11.6. The molecule has 11 aromatic rings. The highest BCUT2D eigenvalue weighted by Gasteiger charge is 2.17. The van der Waals surface area contributed by atoms with Gasteiger partial charge in [-0.05, 0) is 87.1 Å². The average molecular weight is 720 g/mol. The molecule has 3 heteroatoms. The smallest absolute Gasteiger partial charge is 0.143 e. The molecule has 0 radical (unpaired) electrons. The number of benzene rings is 9. The van der Waals surface area contributed by atoms with E-state index in [-0.39, 0.29) is 0 Å². The second-order valence-corrected chi connectivity index (χ2v) is 15.1. The molecule has 0 saturated carbocycles. The quantitative estimate of drug-likeness (QED) is 0.170. The van der Waals surface area contributed by atoms with Crippen molar-refractivity contribution in [3.63, 3.8) is 0 Å². The SMILES string of the molecule is c1cc(-c2cccc3ccccc23)cc(N(c2ccc(-c3cccc4c3oc3ccccc34)cc2)c2ccc(-c3cccc4c3sc3ccccc34)cc2)c1. The van der Waals surface area contributed by atoms with Gasteiger partial charge in [-0.15, -0.1) is 11.3 Å². The highest BCUT2D eigenvalue weighted by atomic mass is 32.1. The number of hydrogen-bond acceptors (Lipinski definition) is 3. The zero-order valence-electron chi connectivity index (χ0n) is 29.8. The van der Waals surface area contributed by atoms with Crippen molar-refractivity contribution in [2.45, 2.75) is 0 Å². The first-order valence-electron chi connectivity index (χ1n) is 18.7. The van der Waals surface area contributed by atoms with Crippen LogP contribution in [-0.4, -0.2) is 0 Å². The van der Waals surface area contributed by atoms with Crippen molar-refractivity contribution in [1.29, 1.82) is 0 Å². The number of rotatable bonds is 6. The minimum absolute atomic E-state index is 0.908. The van der Waals surface area contributed by atoms with Crippen molar-refractivity contribution in [2.24, 2.45) is 0 Å². The molecule has 0 aliphatic carbocycles. The summed E-state index contributed by atoms with van der Waals surface area (Å²) in [5.74, 6) is 0. The topological polar surface area (TPSA) is 16.4 Å². The molecule has 0 spiro atoms. The van der Waals surface area contributed by atoms with Crippen LogP contribution in [0.15, 0.2) is 205 Å².